The number of amides is 5. The number of carbonyl (C=O) groups is 4. The number of imide groups is 2. The molecule has 4 N–H and O–H groups in total. The Morgan fingerprint density at radius 2 is 1.81 bits per heavy atom. The molecule has 4 heterocycles. The Bertz CT molecular complexity index is 1230. The van der Waals surface area contributed by atoms with Gasteiger partial charge < -0.3 is 19.6 Å². The van der Waals surface area contributed by atoms with Crippen molar-refractivity contribution in [3.63, 3.8) is 0 Å². The number of carbonyl (C=O) groups excluding carboxylic acids is 4. The standard InChI is InChI=1S/C22H22F3N5O6/c1-8-5-30-14-10(4-22(16(30)9(2)36-8)18(33)27-20(35)28-19(22)34)3-11(15(31)12(14)23)13(26)17(32)29-6-21(24,25)7-29/h3,8-9,16,26,31H,4-7H2,1-2H3,(H2,27,28,33,34,35)/t8-,9+,16-/m1/s1. The number of phenolic OH excluding ortho intramolecular Hbond substituents is 1. The van der Waals surface area contributed by atoms with E-state index in [0.717, 1.165) is 6.07 Å². The zero-order chi connectivity index (χ0) is 26.3. The van der Waals surface area contributed by atoms with E-state index in [1.165, 1.54) is 4.90 Å². The molecular weight excluding hydrogens is 487 g/mol. The van der Waals surface area contributed by atoms with Crippen molar-refractivity contribution in [3.8, 4) is 5.75 Å². The number of ether oxygens (including phenoxy) is 1. The summed E-state index contributed by atoms with van der Waals surface area (Å²) in [5.74, 6) is -8.30. The number of rotatable bonds is 2. The molecule has 3 fully saturated rings. The molecular formula is C22H22F3N5O6. The number of halogens is 3. The largest absolute Gasteiger partial charge is 0.504 e. The van der Waals surface area contributed by atoms with E-state index in [1.54, 1.807) is 13.8 Å². The number of anilines is 1. The monoisotopic (exact) mass is 509 g/mol. The van der Waals surface area contributed by atoms with E-state index >= 15 is 4.39 Å². The highest BCUT2D eigenvalue weighted by atomic mass is 19.3. The van der Waals surface area contributed by atoms with Crippen LogP contribution in [0, 0.1) is 16.6 Å². The van der Waals surface area contributed by atoms with Gasteiger partial charge in [0.15, 0.2) is 17.0 Å². The number of nitrogens with zero attached hydrogens (tertiary/aromatic N) is 2. The van der Waals surface area contributed by atoms with Crippen molar-refractivity contribution < 1.29 is 42.2 Å². The molecule has 36 heavy (non-hydrogen) atoms. The average molecular weight is 509 g/mol. The van der Waals surface area contributed by atoms with Gasteiger partial charge in [-0.1, -0.05) is 0 Å². The van der Waals surface area contributed by atoms with Gasteiger partial charge in [0.2, 0.25) is 11.8 Å². The molecule has 5 amide bonds. The van der Waals surface area contributed by atoms with Crippen LogP contribution in [0.1, 0.15) is 25.0 Å². The molecule has 3 saturated heterocycles. The molecule has 14 heteroatoms. The predicted molar refractivity (Wildman–Crippen MR) is 115 cm³/mol. The third-order valence-electron chi connectivity index (χ3n) is 7.12. The number of urea groups is 1. The summed E-state index contributed by atoms with van der Waals surface area (Å²) < 4.78 is 48.0. The molecule has 0 radical (unpaired) electrons. The minimum absolute atomic E-state index is 0.0176. The first-order valence-electron chi connectivity index (χ1n) is 11.2. The second-order valence-corrected chi connectivity index (χ2v) is 9.62. The number of aromatic hydroxyl groups is 1. The number of likely N-dealkylation sites (tertiary alicyclic amines) is 1. The molecule has 192 valence electrons. The molecule has 1 aromatic carbocycles. The van der Waals surface area contributed by atoms with Crippen LogP contribution in [-0.2, 0) is 25.5 Å². The van der Waals surface area contributed by atoms with E-state index < -0.39 is 95.7 Å². The number of phenols is 1. The molecule has 0 saturated carbocycles. The smallest absolute Gasteiger partial charge is 0.328 e. The maximum atomic E-state index is 15.7. The molecule has 1 aromatic rings. The van der Waals surface area contributed by atoms with E-state index in [9.17, 15) is 33.1 Å². The number of morpholine rings is 1. The summed E-state index contributed by atoms with van der Waals surface area (Å²) in [6.07, 6.45) is -1.69. The predicted octanol–water partition coefficient (Wildman–Crippen LogP) is 0.267. The SMILES string of the molecule is C[C@@H]1CN2c3c(cc(C(=N)C(=O)N4CC(F)(F)C4)c(O)c3F)CC3(C(=O)NC(=O)NC3=O)[C@H]2[C@H](C)O1. The molecule has 0 unspecified atom stereocenters. The van der Waals surface area contributed by atoms with Crippen LogP contribution in [0.25, 0.3) is 0 Å². The topological polar surface area (TPSA) is 152 Å². The van der Waals surface area contributed by atoms with Crippen molar-refractivity contribution in [2.75, 3.05) is 24.5 Å². The van der Waals surface area contributed by atoms with Gasteiger partial charge in [0.1, 0.15) is 5.71 Å². The molecule has 0 aromatic heterocycles. The molecule has 0 aliphatic carbocycles. The lowest BCUT2D eigenvalue weighted by atomic mass is 9.66. The molecule has 11 nitrogen and oxygen atoms in total. The van der Waals surface area contributed by atoms with Crippen LogP contribution < -0.4 is 15.5 Å². The second-order valence-electron chi connectivity index (χ2n) is 9.62. The summed E-state index contributed by atoms with van der Waals surface area (Å²) >= 11 is 0. The highest BCUT2D eigenvalue weighted by Gasteiger charge is 2.63. The zero-order valence-corrected chi connectivity index (χ0v) is 19.2. The lowest BCUT2D eigenvalue weighted by Gasteiger charge is -2.55. The fraction of sp³-hybridized carbons (Fsp3) is 0.500. The maximum Gasteiger partial charge on any atom is 0.328 e. The van der Waals surface area contributed by atoms with E-state index in [1.807, 2.05) is 0 Å². The highest BCUT2D eigenvalue weighted by molar-refractivity contribution is 6.44. The van der Waals surface area contributed by atoms with Gasteiger partial charge >= 0.3 is 6.03 Å². The van der Waals surface area contributed by atoms with Crippen LogP contribution in [0.2, 0.25) is 0 Å². The summed E-state index contributed by atoms with van der Waals surface area (Å²) in [5.41, 5.74) is -3.54. The third-order valence-corrected chi connectivity index (χ3v) is 7.12. The van der Waals surface area contributed by atoms with Crippen molar-refractivity contribution in [2.45, 2.75) is 44.4 Å². The lowest BCUT2D eigenvalue weighted by molar-refractivity contribution is -0.159. The summed E-state index contributed by atoms with van der Waals surface area (Å²) in [6, 6.07) is -0.966. The average Bonchev–Trinajstić information content (AvgIpc) is 2.76. The van der Waals surface area contributed by atoms with Gasteiger partial charge in [-0.05, 0) is 25.5 Å². The van der Waals surface area contributed by atoms with Crippen molar-refractivity contribution in [1.29, 1.82) is 5.41 Å². The molecule has 4 aliphatic rings. The first-order valence-corrected chi connectivity index (χ1v) is 11.2. The molecule has 5 rings (SSSR count). The van der Waals surface area contributed by atoms with Crippen LogP contribution in [0.4, 0.5) is 23.7 Å². The molecule has 4 aliphatic heterocycles. The summed E-state index contributed by atoms with van der Waals surface area (Å²) in [7, 11) is 0. The Labute approximate surface area is 202 Å². The van der Waals surface area contributed by atoms with Crippen LogP contribution >= 0.6 is 0 Å². The Morgan fingerprint density at radius 1 is 1.19 bits per heavy atom. The first-order chi connectivity index (χ1) is 16.8. The van der Waals surface area contributed by atoms with Gasteiger partial charge in [0, 0.05) is 13.0 Å². The van der Waals surface area contributed by atoms with Crippen molar-refractivity contribution in [3.05, 3.63) is 23.0 Å². The van der Waals surface area contributed by atoms with Gasteiger partial charge in [-0.25, -0.2) is 18.0 Å². The quantitative estimate of drug-likeness (QED) is 0.330. The number of alkyl halides is 2. The van der Waals surface area contributed by atoms with Gasteiger partial charge in [-0.3, -0.25) is 30.4 Å². The van der Waals surface area contributed by atoms with Gasteiger partial charge in [0.25, 0.3) is 11.8 Å². The van der Waals surface area contributed by atoms with Crippen molar-refractivity contribution in [2.24, 2.45) is 5.41 Å². The van der Waals surface area contributed by atoms with E-state index in [0.29, 0.717) is 4.90 Å². The van der Waals surface area contributed by atoms with Gasteiger partial charge in [-0.15, -0.1) is 0 Å². The third kappa shape index (κ3) is 3.27. The van der Waals surface area contributed by atoms with Crippen molar-refractivity contribution >= 4 is 35.2 Å². The first kappa shape index (κ1) is 24.0. The van der Waals surface area contributed by atoms with E-state index in [2.05, 4.69) is 10.6 Å². The zero-order valence-electron chi connectivity index (χ0n) is 19.2. The molecule has 3 atom stereocenters. The lowest BCUT2D eigenvalue weighted by Crippen LogP contribution is -2.75. The number of hydrogen-bond donors (Lipinski definition) is 4. The van der Waals surface area contributed by atoms with E-state index in [4.69, 9.17) is 10.1 Å². The normalized spacial score (nSPS) is 28.0. The highest BCUT2D eigenvalue weighted by Crippen LogP contribution is 2.49. The Balaban J connectivity index is 1.63. The number of benzene rings is 1. The van der Waals surface area contributed by atoms with Crippen molar-refractivity contribution in [1.82, 2.24) is 15.5 Å². The minimum atomic E-state index is -3.09. The Hall–Kier alpha value is -3.68. The Morgan fingerprint density at radius 3 is 2.39 bits per heavy atom. The minimum Gasteiger partial charge on any atom is -0.504 e. The van der Waals surface area contributed by atoms with Gasteiger partial charge in [0.05, 0.1) is 42.6 Å². The fourth-order valence-corrected chi connectivity index (χ4v) is 5.67. The molecule has 1 spiro atoms. The number of nitrogens with one attached hydrogen (secondary N) is 3. The van der Waals surface area contributed by atoms with Crippen LogP contribution in [0.3, 0.4) is 0 Å². The fourth-order valence-electron chi connectivity index (χ4n) is 5.67. The second kappa shape index (κ2) is 7.66. The van der Waals surface area contributed by atoms with E-state index in [-0.39, 0.29) is 17.8 Å². The Kier molecular flexibility index (Phi) is 5.11. The van der Waals surface area contributed by atoms with Crippen LogP contribution in [-0.4, -0.2) is 83.3 Å². The number of barbiturate groups is 1. The maximum absolute atomic E-state index is 15.7. The summed E-state index contributed by atoms with van der Waals surface area (Å²) in [6.45, 7) is 1.49. The van der Waals surface area contributed by atoms with Crippen LogP contribution in [0.5, 0.6) is 5.75 Å². The number of hydrogen-bond acceptors (Lipinski definition) is 8. The molecule has 0 bridgehead atoms. The van der Waals surface area contributed by atoms with Gasteiger partial charge in [-0.2, -0.15) is 0 Å². The van der Waals surface area contributed by atoms with Crippen LogP contribution in [0.15, 0.2) is 6.07 Å². The summed E-state index contributed by atoms with van der Waals surface area (Å²) in [4.78, 5) is 52.8. The number of fused-ring (bicyclic) bond motifs is 4. The summed E-state index contributed by atoms with van der Waals surface area (Å²) in [5, 5.41) is 22.9.